The van der Waals surface area contributed by atoms with Gasteiger partial charge < -0.3 is 5.43 Å². The molecule has 0 radical (unpaired) electrons. The Morgan fingerprint density at radius 2 is 1.70 bits per heavy atom. The van der Waals surface area contributed by atoms with Gasteiger partial charge in [0.25, 0.3) is 0 Å². The third-order valence-corrected chi connectivity index (χ3v) is 5.11. The molecule has 1 N–H and O–H groups in total. The number of nitrogens with one attached hydrogen (secondary N) is 1. The van der Waals surface area contributed by atoms with E-state index in [9.17, 15) is 8.78 Å². The van der Waals surface area contributed by atoms with Gasteiger partial charge in [-0.15, -0.1) is 0 Å². The van der Waals surface area contributed by atoms with E-state index < -0.39 is 11.6 Å². The van der Waals surface area contributed by atoms with Gasteiger partial charge in [0, 0.05) is 33.8 Å². The van der Waals surface area contributed by atoms with Crippen LogP contribution in [0.1, 0.15) is 29.3 Å². The quantitative estimate of drug-likeness (QED) is 0.595. The number of rotatable bonds is 3. The smallest absolute Gasteiger partial charge is 0.126 e. The van der Waals surface area contributed by atoms with Gasteiger partial charge in [0.15, 0.2) is 0 Å². The minimum absolute atomic E-state index is 0.254. The molecule has 0 bridgehead atoms. The van der Waals surface area contributed by atoms with Crippen molar-refractivity contribution in [3.63, 3.8) is 0 Å². The highest BCUT2D eigenvalue weighted by Gasteiger charge is 2.23. The minimum atomic E-state index is -0.586. The number of nitrogens with zero attached hydrogens (tertiary/aromatic N) is 2. The highest BCUT2D eigenvalue weighted by molar-refractivity contribution is 9.10. The fraction of sp³-hybridized carbons (Fsp3) is 0.143. The lowest BCUT2D eigenvalue weighted by Crippen LogP contribution is -2.11. The molecule has 0 spiro atoms. The Kier molecular flexibility index (Phi) is 4.74. The molecule has 1 aliphatic rings. The van der Waals surface area contributed by atoms with Crippen LogP contribution in [-0.4, -0.2) is 10.7 Å². The zero-order valence-electron chi connectivity index (χ0n) is 14.5. The lowest BCUT2D eigenvalue weighted by Gasteiger charge is -2.11. The van der Waals surface area contributed by atoms with Gasteiger partial charge in [0.05, 0.1) is 17.4 Å². The van der Waals surface area contributed by atoms with Crippen LogP contribution in [0.3, 0.4) is 0 Å². The molecule has 1 unspecified atom stereocenters. The molecule has 0 aliphatic carbocycles. The lowest BCUT2D eigenvalue weighted by molar-refractivity contribution is 0.560. The third-order valence-electron chi connectivity index (χ3n) is 4.58. The summed E-state index contributed by atoms with van der Waals surface area (Å²) in [6.45, 7) is 1.94. The molecular weight excluding hydrogens is 412 g/mol. The molecule has 1 aromatic heterocycles. The molecule has 2 heterocycles. The van der Waals surface area contributed by atoms with E-state index >= 15 is 0 Å². The number of hydrogen-bond donors (Lipinski definition) is 1. The van der Waals surface area contributed by atoms with Crippen molar-refractivity contribution in [2.45, 2.75) is 19.4 Å². The number of halogens is 3. The van der Waals surface area contributed by atoms with Crippen LogP contribution in [0.5, 0.6) is 0 Å². The van der Waals surface area contributed by atoms with Crippen LogP contribution >= 0.6 is 15.9 Å². The summed E-state index contributed by atoms with van der Waals surface area (Å²) >= 11 is 3.43. The van der Waals surface area contributed by atoms with E-state index in [4.69, 9.17) is 4.98 Å². The highest BCUT2D eigenvalue weighted by Crippen LogP contribution is 2.28. The molecule has 0 saturated carbocycles. The van der Waals surface area contributed by atoms with Crippen LogP contribution in [0.2, 0.25) is 0 Å². The van der Waals surface area contributed by atoms with E-state index in [2.05, 4.69) is 26.5 Å². The van der Waals surface area contributed by atoms with Gasteiger partial charge in [0.1, 0.15) is 11.6 Å². The topological polar surface area (TPSA) is 37.3 Å². The maximum atomic E-state index is 13.5. The monoisotopic (exact) mass is 427 g/mol. The normalized spacial score (nSPS) is 16.1. The van der Waals surface area contributed by atoms with Gasteiger partial charge in [-0.1, -0.05) is 28.1 Å². The van der Waals surface area contributed by atoms with Crippen molar-refractivity contribution >= 4 is 21.6 Å². The molecule has 136 valence electrons. The van der Waals surface area contributed by atoms with Crippen molar-refractivity contribution in [1.82, 2.24) is 10.4 Å². The average Bonchev–Trinajstić information content (AvgIpc) is 3.11. The molecule has 1 aliphatic heterocycles. The molecule has 1 atom stereocenters. The summed E-state index contributed by atoms with van der Waals surface area (Å²) in [6, 6.07) is 15.2. The minimum Gasteiger partial charge on any atom is -0.302 e. The van der Waals surface area contributed by atoms with E-state index in [1.54, 1.807) is 0 Å². The van der Waals surface area contributed by atoms with Crippen LogP contribution < -0.4 is 5.43 Å². The van der Waals surface area contributed by atoms with Crippen LogP contribution in [0, 0.1) is 18.6 Å². The first kappa shape index (κ1) is 17.8. The molecule has 4 rings (SSSR count). The zero-order valence-corrected chi connectivity index (χ0v) is 16.1. The number of pyridine rings is 1. The van der Waals surface area contributed by atoms with E-state index in [0.29, 0.717) is 12.0 Å². The van der Waals surface area contributed by atoms with Crippen LogP contribution in [0.15, 0.2) is 64.2 Å². The lowest BCUT2D eigenvalue weighted by atomic mass is 9.97. The summed E-state index contributed by atoms with van der Waals surface area (Å²) in [6.07, 6.45) is 0.545. The summed E-state index contributed by atoms with van der Waals surface area (Å²) in [7, 11) is 0. The fourth-order valence-corrected chi connectivity index (χ4v) is 3.49. The van der Waals surface area contributed by atoms with Gasteiger partial charge in [0.2, 0.25) is 0 Å². The van der Waals surface area contributed by atoms with E-state index in [1.165, 1.54) is 12.1 Å². The van der Waals surface area contributed by atoms with Crippen molar-refractivity contribution < 1.29 is 8.78 Å². The molecule has 0 amide bonds. The molecule has 2 aromatic carbocycles. The molecule has 0 fully saturated rings. The fourth-order valence-electron chi connectivity index (χ4n) is 3.23. The summed E-state index contributed by atoms with van der Waals surface area (Å²) in [4.78, 5) is 4.70. The van der Waals surface area contributed by atoms with Crippen molar-refractivity contribution in [2.75, 3.05) is 0 Å². The molecule has 0 saturated heterocycles. The molecule has 6 heteroatoms. The largest absolute Gasteiger partial charge is 0.302 e. The first-order chi connectivity index (χ1) is 13.0. The Morgan fingerprint density at radius 3 is 2.37 bits per heavy atom. The molecule has 27 heavy (non-hydrogen) atoms. The molecule has 3 nitrogen and oxygen atoms in total. The van der Waals surface area contributed by atoms with Crippen molar-refractivity contribution in [2.24, 2.45) is 5.10 Å². The first-order valence-electron chi connectivity index (χ1n) is 8.51. The summed E-state index contributed by atoms with van der Waals surface area (Å²) < 4.78 is 28.0. The van der Waals surface area contributed by atoms with Crippen LogP contribution in [0.25, 0.3) is 11.3 Å². The number of aryl methyl sites for hydroxylation is 1. The molecule has 3 aromatic rings. The summed E-state index contributed by atoms with van der Waals surface area (Å²) in [5, 5.41) is 4.37. The van der Waals surface area contributed by atoms with Crippen molar-refractivity contribution in [3.8, 4) is 11.3 Å². The summed E-state index contributed by atoms with van der Waals surface area (Å²) in [5.41, 5.74) is 8.07. The Morgan fingerprint density at radius 1 is 1.00 bits per heavy atom. The average molecular weight is 428 g/mol. The number of hydrogen-bond acceptors (Lipinski definition) is 3. The van der Waals surface area contributed by atoms with E-state index in [1.807, 2.05) is 43.3 Å². The van der Waals surface area contributed by atoms with Crippen molar-refractivity contribution in [3.05, 3.63) is 87.5 Å². The maximum absolute atomic E-state index is 13.5. The SMILES string of the molecule is Cc1nc(-c2ccc(Br)cc2)ccc1C1=NNC(c2cc(F)cc(F)c2)C1. The summed E-state index contributed by atoms with van der Waals surface area (Å²) in [5.74, 6) is -1.17. The maximum Gasteiger partial charge on any atom is 0.126 e. The van der Waals surface area contributed by atoms with Gasteiger partial charge in [-0.3, -0.25) is 4.98 Å². The van der Waals surface area contributed by atoms with Gasteiger partial charge >= 0.3 is 0 Å². The van der Waals surface area contributed by atoms with Gasteiger partial charge in [-0.2, -0.15) is 5.10 Å². The number of benzene rings is 2. The number of aromatic nitrogens is 1. The Labute approximate surface area is 164 Å². The van der Waals surface area contributed by atoms with Gasteiger partial charge in [-0.25, -0.2) is 8.78 Å². The third kappa shape index (κ3) is 3.76. The second-order valence-corrected chi connectivity index (χ2v) is 7.40. The predicted molar refractivity (Wildman–Crippen MR) is 105 cm³/mol. The van der Waals surface area contributed by atoms with E-state index in [-0.39, 0.29) is 6.04 Å². The van der Waals surface area contributed by atoms with Crippen LogP contribution in [0.4, 0.5) is 8.78 Å². The zero-order chi connectivity index (χ0) is 19.0. The van der Waals surface area contributed by atoms with E-state index in [0.717, 1.165) is 38.8 Å². The Hall–Kier alpha value is -2.60. The Balaban J connectivity index is 1.56. The standard InChI is InChI=1S/C21H16BrF2N3/c1-12-18(6-7-19(25-12)13-2-4-15(22)5-3-13)21-11-20(26-27-21)14-8-16(23)10-17(24)9-14/h2-10,20,26H,11H2,1H3. The Bertz CT molecular complexity index is 1010. The molecular formula is C21H16BrF2N3. The highest BCUT2D eigenvalue weighted by atomic mass is 79.9. The van der Waals surface area contributed by atoms with Gasteiger partial charge in [-0.05, 0) is 48.9 Å². The first-order valence-corrected chi connectivity index (χ1v) is 9.31. The van der Waals surface area contributed by atoms with Crippen LogP contribution in [-0.2, 0) is 0 Å². The van der Waals surface area contributed by atoms with Crippen molar-refractivity contribution in [1.29, 1.82) is 0 Å². The second kappa shape index (κ2) is 7.19. The predicted octanol–water partition coefficient (Wildman–Crippen LogP) is 5.54. The second-order valence-electron chi connectivity index (χ2n) is 6.48. The number of hydrazone groups is 1.